The van der Waals surface area contributed by atoms with Gasteiger partial charge in [0.1, 0.15) is 5.75 Å². The highest BCUT2D eigenvalue weighted by Gasteiger charge is 2.10. The molecule has 0 aliphatic carbocycles. The summed E-state index contributed by atoms with van der Waals surface area (Å²) in [6.07, 6.45) is 0. The van der Waals surface area contributed by atoms with Gasteiger partial charge in [-0.2, -0.15) is 8.78 Å². The molecule has 0 bridgehead atoms. The average Bonchev–Trinajstić information content (AvgIpc) is 2.27. The Morgan fingerprint density at radius 2 is 1.75 bits per heavy atom. The van der Waals surface area contributed by atoms with Gasteiger partial charge in [0, 0.05) is 5.56 Å². The lowest BCUT2D eigenvalue weighted by Crippen LogP contribution is -2.04. The van der Waals surface area contributed by atoms with Crippen LogP contribution in [0.1, 0.15) is 5.56 Å². The van der Waals surface area contributed by atoms with Crippen molar-refractivity contribution < 1.29 is 18.6 Å². The van der Waals surface area contributed by atoms with Gasteiger partial charge >= 0.3 is 6.61 Å². The molecule has 0 amide bonds. The largest absolute Gasteiger partial charge is 0.434 e. The van der Waals surface area contributed by atoms with Crippen molar-refractivity contribution in [2.45, 2.75) is 13.2 Å². The number of rotatable bonds is 3. The van der Waals surface area contributed by atoms with Crippen LogP contribution in [0.5, 0.6) is 5.75 Å². The molecule has 0 aliphatic rings. The van der Waals surface area contributed by atoms with E-state index in [0.29, 0.717) is 5.56 Å². The summed E-state index contributed by atoms with van der Waals surface area (Å²) in [4.78, 5) is 0. The standard InChI is InChI=1S/C12H10F2O2/c13-12(14)16-11-6-9-4-2-1-3-8(9)5-10(11)7-15/h1-6,12,15H,7H2. The van der Waals surface area contributed by atoms with E-state index in [1.807, 2.05) is 18.2 Å². The second-order valence-electron chi connectivity index (χ2n) is 3.34. The summed E-state index contributed by atoms with van der Waals surface area (Å²) in [6.45, 7) is -3.21. The van der Waals surface area contributed by atoms with E-state index in [2.05, 4.69) is 4.74 Å². The summed E-state index contributed by atoms with van der Waals surface area (Å²) >= 11 is 0. The van der Waals surface area contributed by atoms with Crippen LogP contribution in [0.15, 0.2) is 36.4 Å². The molecule has 2 aromatic carbocycles. The van der Waals surface area contributed by atoms with Crippen LogP contribution in [0.3, 0.4) is 0 Å². The minimum absolute atomic E-state index is 0.0243. The summed E-state index contributed by atoms with van der Waals surface area (Å²) in [6, 6.07) is 10.5. The molecule has 0 radical (unpaired) electrons. The fraction of sp³-hybridized carbons (Fsp3) is 0.167. The minimum Gasteiger partial charge on any atom is -0.434 e. The second-order valence-corrected chi connectivity index (χ2v) is 3.34. The van der Waals surface area contributed by atoms with Crippen molar-refractivity contribution >= 4 is 10.8 Å². The molecule has 1 N–H and O–H groups in total. The number of fused-ring (bicyclic) bond motifs is 1. The van der Waals surface area contributed by atoms with Crippen LogP contribution in [0.4, 0.5) is 8.78 Å². The first-order valence-corrected chi connectivity index (χ1v) is 4.78. The molecular formula is C12H10F2O2. The molecule has 0 aliphatic heterocycles. The average molecular weight is 224 g/mol. The summed E-state index contributed by atoms with van der Waals surface area (Å²) in [5.41, 5.74) is 0.360. The zero-order chi connectivity index (χ0) is 11.5. The van der Waals surface area contributed by atoms with Gasteiger partial charge in [0.15, 0.2) is 0 Å². The highest BCUT2D eigenvalue weighted by atomic mass is 19.3. The highest BCUT2D eigenvalue weighted by molar-refractivity contribution is 5.84. The number of alkyl halides is 2. The van der Waals surface area contributed by atoms with Crippen LogP contribution in [0.2, 0.25) is 0 Å². The van der Waals surface area contributed by atoms with Crippen molar-refractivity contribution in [1.82, 2.24) is 0 Å². The Morgan fingerprint density at radius 1 is 1.12 bits per heavy atom. The van der Waals surface area contributed by atoms with E-state index in [1.54, 1.807) is 12.1 Å². The molecule has 0 saturated heterocycles. The van der Waals surface area contributed by atoms with Crippen molar-refractivity contribution in [2.75, 3.05) is 0 Å². The molecule has 0 heterocycles. The third-order valence-corrected chi connectivity index (χ3v) is 2.32. The summed E-state index contributed by atoms with van der Waals surface area (Å²) < 4.78 is 28.6. The normalized spacial score (nSPS) is 11.0. The molecule has 0 unspecified atom stereocenters. The van der Waals surface area contributed by atoms with Crippen molar-refractivity contribution in [1.29, 1.82) is 0 Å². The summed E-state index contributed by atoms with van der Waals surface area (Å²) in [7, 11) is 0. The van der Waals surface area contributed by atoms with Crippen LogP contribution in [0.25, 0.3) is 10.8 Å². The molecule has 4 heteroatoms. The van der Waals surface area contributed by atoms with Gasteiger partial charge in [0.25, 0.3) is 0 Å². The Kier molecular flexibility index (Phi) is 3.01. The van der Waals surface area contributed by atoms with E-state index in [0.717, 1.165) is 10.8 Å². The van der Waals surface area contributed by atoms with Crippen LogP contribution in [-0.2, 0) is 6.61 Å². The van der Waals surface area contributed by atoms with E-state index in [-0.39, 0.29) is 12.4 Å². The molecule has 0 aromatic heterocycles. The van der Waals surface area contributed by atoms with Gasteiger partial charge < -0.3 is 9.84 Å². The number of benzene rings is 2. The lowest BCUT2D eigenvalue weighted by Gasteiger charge is -2.10. The van der Waals surface area contributed by atoms with Gasteiger partial charge in [-0.1, -0.05) is 24.3 Å². The summed E-state index contributed by atoms with van der Waals surface area (Å²) in [5.74, 6) is 0.0243. The smallest absolute Gasteiger partial charge is 0.387 e. The Bertz CT molecular complexity index is 497. The molecule has 0 fully saturated rings. The van der Waals surface area contributed by atoms with Crippen LogP contribution >= 0.6 is 0 Å². The fourth-order valence-electron chi connectivity index (χ4n) is 1.60. The van der Waals surface area contributed by atoms with E-state index < -0.39 is 6.61 Å². The van der Waals surface area contributed by atoms with Crippen molar-refractivity contribution in [3.8, 4) is 5.75 Å². The third kappa shape index (κ3) is 2.12. The highest BCUT2D eigenvalue weighted by Crippen LogP contribution is 2.27. The predicted molar refractivity (Wildman–Crippen MR) is 56.5 cm³/mol. The molecule has 84 valence electrons. The van der Waals surface area contributed by atoms with Crippen molar-refractivity contribution in [3.05, 3.63) is 42.0 Å². The van der Waals surface area contributed by atoms with Crippen molar-refractivity contribution in [2.24, 2.45) is 0 Å². The first-order chi connectivity index (χ1) is 7.70. The van der Waals surface area contributed by atoms with Gasteiger partial charge in [-0.3, -0.25) is 0 Å². The second kappa shape index (κ2) is 4.45. The van der Waals surface area contributed by atoms with Crippen LogP contribution in [0, 0.1) is 0 Å². The van der Waals surface area contributed by atoms with Gasteiger partial charge in [-0.05, 0) is 22.9 Å². The predicted octanol–water partition coefficient (Wildman–Crippen LogP) is 2.93. The Morgan fingerprint density at radius 3 is 2.31 bits per heavy atom. The number of hydrogen-bond acceptors (Lipinski definition) is 2. The molecule has 2 nitrogen and oxygen atoms in total. The number of hydrogen-bond donors (Lipinski definition) is 1. The number of aliphatic hydroxyl groups is 1. The zero-order valence-electron chi connectivity index (χ0n) is 8.36. The van der Waals surface area contributed by atoms with E-state index in [1.165, 1.54) is 6.07 Å². The first kappa shape index (κ1) is 10.8. The Hall–Kier alpha value is -1.68. The molecular weight excluding hydrogens is 214 g/mol. The number of aliphatic hydroxyl groups excluding tert-OH is 1. The topological polar surface area (TPSA) is 29.5 Å². The first-order valence-electron chi connectivity index (χ1n) is 4.78. The Labute approximate surface area is 91.1 Å². The lowest BCUT2D eigenvalue weighted by atomic mass is 10.1. The SMILES string of the molecule is OCc1cc2ccccc2cc1OC(F)F. The fourth-order valence-corrected chi connectivity index (χ4v) is 1.60. The quantitative estimate of drug-likeness (QED) is 0.868. The van der Waals surface area contributed by atoms with E-state index >= 15 is 0 Å². The molecule has 0 saturated carbocycles. The number of halogens is 2. The van der Waals surface area contributed by atoms with Gasteiger partial charge in [-0.15, -0.1) is 0 Å². The maximum absolute atomic E-state index is 12.1. The van der Waals surface area contributed by atoms with Crippen molar-refractivity contribution in [3.63, 3.8) is 0 Å². The van der Waals surface area contributed by atoms with Crippen LogP contribution < -0.4 is 4.74 Å². The van der Waals surface area contributed by atoms with Gasteiger partial charge in [0.2, 0.25) is 0 Å². The third-order valence-electron chi connectivity index (χ3n) is 2.32. The van der Waals surface area contributed by atoms with Gasteiger partial charge in [-0.25, -0.2) is 0 Å². The molecule has 2 rings (SSSR count). The van der Waals surface area contributed by atoms with E-state index in [4.69, 9.17) is 5.11 Å². The molecule has 2 aromatic rings. The van der Waals surface area contributed by atoms with E-state index in [9.17, 15) is 8.78 Å². The Balaban J connectivity index is 2.53. The monoisotopic (exact) mass is 224 g/mol. The van der Waals surface area contributed by atoms with Crippen LogP contribution in [-0.4, -0.2) is 11.7 Å². The minimum atomic E-state index is -2.88. The zero-order valence-corrected chi connectivity index (χ0v) is 8.36. The van der Waals surface area contributed by atoms with Gasteiger partial charge in [0.05, 0.1) is 6.61 Å². The molecule has 16 heavy (non-hydrogen) atoms. The number of ether oxygens (including phenoxy) is 1. The lowest BCUT2D eigenvalue weighted by molar-refractivity contribution is -0.0508. The molecule has 0 spiro atoms. The maximum Gasteiger partial charge on any atom is 0.387 e. The summed E-state index contributed by atoms with van der Waals surface area (Å²) in [5, 5.41) is 10.7. The maximum atomic E-state index is 12.1. The molecule has 0 atom stereocenters.